The Morgan fingerprint density at radius 3 is 2.85 bits per heavy atom. The average molecular weight is 392 g/mol. The maximum atomic E-state index is 12.5. The number of ether oxygens (including phenoxy) is 1. The van der Waals surface area contributed by atoms with E-state index in [9.17, 15) is 9.59 Å². The molecule has 27 heavy (non-hydrogen) atoms. The Hall–Kier alpha value is -2.08. The standard InChI is InChI=1S/C20H26ClN3O3/c1-2-27-18(25)8-7-14-11-17(21)19(22-12-14)23-16-9-10-24(13-16)20(26)15-5-3-4-6-15/h7-8,11-12,15-16H,2-6,9-10,13H2,1H3,(H,22,23)/b8-7+/t16-/m1/s1. The first-order valence-corrected chi connectivity index (χ1v) is 10.0. The summed E-state index contributed by atoms with van der Waals surface area (Å²) in [5.41, 5.74) is 0.725. The van der Waals surface area contributed by atoms with Crippen LogP contribution in [0.25, 0.3) is 6.08 Å². The molecule has 1 aliphatic heterocycles. The minimum absolute atomic E-state index is 0.154. The Morgan fingerprint density at radius 1 is 1.37 bits per heavy atom. The van der Waals surface area contributed by atoms with Crippen molar-refractivity contribution in [1.82, 2.24) is 9.88 Å². The Balaban J connectivity index is 1.55. The molecule has 0 bridgehead atoms. The highest BCUT2D eigenvalue weighted by Gasteiger charge is 2.32. The van der Waals surface area contributed by atoms with Crippen LogP contribution in [0.3, 0.4) is 0 Å². The van der Waals surface area contributed by atoms with Gasteiger partial charge in [0.15, 0.2) is 0 Å². The summed E-state index contributed by atoms with van der Waals surface area (Å²) in [5.74, 6) is 0.727. The van der Waals surface area contributed by atoms with Gasteiger partial charge in [-0.25, -0.2) is 9.78 Å². The lowest BCUT2D eigenvalue weighted by Gasteiger charge is -2.21. The summed E-state index contributed by atoms with van der Waals surface area (Å²) in [4.78, 5) is 30.2. The van der Waals surface area contributed by atoms with Gasteiger partial charge in [0, 0.05) is 37.3 Å². The van der Waals surface area contributed by atoms with Crippen LogP contribution in [0.1, 0.15) is 44.6 Å². The molecule has 1 amide bonds. The minimum atomic E-state index is -0.395. The van der Waals surface area contributed by atoms with Crippen molar-refractivity contribution in [3.8, 4) is 0 Å². The lowest BCUT2D eigenvalue weighted by Crippen LogP contribution is -2.35. The molecule has 1 aliphatic carbocycles. The third-order valence-corrected chi connectivity index (χ3v) is 5.39. The van der Waals surface area contributed by atoms with Crippen LogP contribution in [0.15, 0.2) is 18.3 Å². The summed E-state index contributed by atoms with van der Waals surface area (Å²) in [6.07, 6.45) is 9.92. The van der Waals surface area contributed by atoms with Gasteiger partial charge in [0.05, 0.1) is 11.6 Å². The van der Waals surface area contributed by atoms with Crippen molar-refractivity contribution in [3.63, 3.8) is 0 Å². The minimum Gasteiger partial charge on any atom is -0.463 e. The normalized spacial score (nSPS) is 20.4. The summed E-state index contributed by atoms with van der Waals surface area (Å²) in [7, 11) is 0. The number of rotatable bonds is 6. The van der Waals surface area contributed by atoms with E-state index in [0.29, 0.717) is 29.9 Å². The largest absolute Gasteiger partial charge is 0.463 e. The van der Waals surface area contributed by atoms with Gasteiger partial charge < -0.3 is 15.0 Å². The fourth-order valence-corrected chi connectivity index (χ4v) is 3.94. The van der Waals surface area contributed by atoms with Gasteiger partial charge in [0.25, 0.3) is 0 Å². The lowest BCUT2D eigenvalue weighted by atomic mass is 10.1. The predicted octanol–water partition coefficient (Wildman–Crippen LogP) is 3.51. The van der Waals surface area contributed by atoms with E-state index in [1.165, 1.54) is 18.9 Å². The van der Waals surface area contributed by atoms with E-state index in [0.717, 1.165) is 31.4 Å². The number of esters is 1. The zero-order valence-corrected chi connectivity index (χ0v) is 16.4. The first-order chi connectivity index (χ1) is 13.1. The third-order valence-electron chi connectivity index (χ3n) is 5.11. The summed E-state index contributed by atoms with van der Waals surface area (Å²) >= 11 is 6.33. The van der Waals surface area contributed by atoms with Crippen molar-refractivity contribution >= 4 is 35.4 Å². The van der Waals surface area contributed by atoms with Gasteiger partial charge in [-0.1, -0.05) is 24.4 Å². The number of carbonyl (C=O) groups is 2. The predicted molar refractivity (Wildman–Crippen MR) is 105 cm³/mol. The maximum Gasteiger partial charge on any atom is 0.330 e. The van der Waals surface area contributed by atoms with E-state index < -0.39 is 5.97 Å². The van der Waals surface area contributed by atoms with Crippen LogP contribution in [0.4, 0.5) is 5.82 Å². The number of nitrogens with zero attached hydrogens (tertiary/aromatic N) is 2. The molecular weight excluding hydrogens is 366 g/mol. The quantitative estimate of drug-likeness (QED) is 0.593. The summed E-state index contributed by atoms with van der Waals surface area (Å²) in [6, 6.07) is 1.91. The lowest BCUT2D eigenvalue weighted by molar-refractivity contribution is -0.137. The number of hydrogen-bond donors (Lipinski definition) is 1. The van der Waals surface area contributed by atoms with Gasteiger partial charge in [-0.2, -0.15) is 0 Å². The molecule has 1 saturated carbocycles. The van der Waals surface area contributed by atoms with Crippen LogP contribution in [0, 0.1) is 5.92 Å². The molecule has 0 radical (unpaired) electrons. The molecule has 1 N–H and O–H groups in total. The number of hydrogen-bond acceptors (Lipinski definition) is 5. The van der Waals surface area contributed by atoms with E-state index in [4.69, 9.17) is 16.3 Å². The van der Waals surface area contributed by atoms with Crippen LogP contribution in [-0.4, -0.2) is 47.5 Å². The van der Waals surface area contributed by atoms with Gasteiger partial charge in [-0.05, 0) is 43.9 Å². The second-order valence-corrected chi connectivity index (χ2v) is 7.49. The molecule has 6 nitrogen and oxygen atoms in total. The second kappa shape index (κ2) is 9.22. The van der Waals surface area contributed by atoms with Crippen molar-refractivity contribution < 1.29 is 14.3 Å². The number of nitrogens with one attached hydrogen (secondary N) is 1. The van der Waals surface area contributed by atoms with Crippen LogP contribution in [0.5, 0.6) is 0 Å². The molecule has 0 unspecified atom stereocenters. The molecule has 1 atom stereocenters. The monoisotopic (exact) mass is 391 g/mol. The zero-order chi connectivity index (χ0) is 19.2. The fourth-order valence-electron chi connectivity index (χ4n) is 3.71. The third kappa shape index (κ3) is 5.22. The van der Waals surface area contributed by atoms with Crippen LogP contribution in [0.2, 0.25) is 5.02 Å². The number of likely N-dealkylation sites (tertiary alicyclic amines) is 1. The van der Waals surface area contributed by atoms with Crippen molar-refractivity contribution in [2.45, 2.75) is 45.1 Å². The number of amides is 1. The van der Waals surface area contributed by atoms with Gasteiger partial charge in [0.2, 0.25) is 5.91 Å². The molecule has 1 saturated heterocycles. The highest BCUT2D eigenvalue weighted by atomic mass is 35.5. The molecule has 2 aliphatic rings. The first kappa shape index (κ1) is 19.7. The first-order valence-electron chi connectivity index (χ1n) is 9.62. The molecular formula is C20H26ClN3O3. The highest BCUT2D eigenvalue weighted by molar-refractivity contribution is 6.33. The molecule has 7 heteroatoms. The SMILES string of the molecule is CCOC(=O)/C=C/c1cnc(N[C@@H]2CCN(C(=O)C3CCCC3)C2)c(Cl)c1. The van der Waals surface area contributed by atoms with Gasteiger partial charge in [-0.15, -0.1) is 0 Å². The van der Waals surface area contributed by atoms with Crippen LogP contribution >= 0.6 is 11.6 Å². The van der Waals surface area contributed by atoms with Crippen molar-refractivity contribution in [1.29, 1.82) is 0 Å². The zero-order valence-electron chi connectivity index (χ0n) is 15.6. The van der Waals surface area contributed by atoms with E-state index in [-0.39, 0.29) is 12.0 Å². The summed E-state index contributed by atoms with van der Waals surface area (Å²) in [5, 5.41) is 3.83. The average Bonchev–Trinajstić information content (AvgIpc) is 3.34. The van der Waals surface area contributed by atoms with E-state index in [2.05, 4.69) is 10.3 Å². The van der Waals surface area contributed by atoms with E-state index in [1.807, 2.05) is 4.90 Å². The van der Waals surface area contributed by atoms with Crippen LogP contribution < -0.4 is 5.32 Å². The van der Waals surface area contributed by atoms with Crippen LogP contribution in [-0.2, 0) is 14.3 Å². The van der Waals surface area contributed by atoms with E-state index >= 15 is 0 Å². The van der Waals surface area contributed by atoms with Crippen molar-refractivity contribution in [2.75, 3.05) is 25.0 Å². The summed E-state index contributed by atoms with van der Waals surface area (Å²) < 4.78 is 4.85. The number of pyridine rings is 1. The smallest absolute Gasteiger partial charge is 0.330 e. The van der Waals surface area contributed by atoms with Crippen molar-refractivity contribution in [3.05, 3.63) is 28.9 Å². The number of aromatic nitrogens is 1. The number of anilines is 1. The molecule has 2 fully saturated rings. The maximum absolute atomic E-state index is 12.5. The Bertz CT molecular complexity index is 716. The Kier molecular flexibility index (Phi) is 6.72. The highest BCUT2D eigenvalue weighted by Crippen LogP contribution is 2.29. The molecule has 1 aromatic rings. The molecule has 1 aromatic heterocycles. The van der Waals surface area contributed by atoms with E-state index in [1.54, 1.807) is 25.3 Å². The molecule has 0 spiro atoms. The van der Waals surface area contributed by atoms with Gasteiger partial charge in [-0.3, -0.25) is 4.79 Å². The summed E-state index contributed by atoms with van der Waals surface area (Å²) in [6.45, 7) is 3.58. The molecule has 146 valence electrons. The van der Waals surface area contributed by atoms with Gasteiger partial charge in [0.1, 0.15) is 5.82 Å². The topological polar surface area (TPSA) is 71.5 Å². The van der Waals surface area contributed by atoms with Crippen molar-refractivity contribution in [2.24, 2.45) is 5.92 Å². The Labute approximate surface area is 164 Å². The Morgan fingerprint density at radius 2 is 2.15 bits per heavy atom. The number of carbonyl (C=O) groups excluding carboxylic acids is 2. The molecule has 3 rings (SSSR count). The second-order valence-electron chi connectivity index (χ2n) is 7.08. The van der Waals surface area contributed by atoms with Gasteiger partial charge >= 0.3 is 5.97 Å². The molecule has 0 aromatic carbocycles. The molecule has 2 heterocycles. The fraction of sp³-hybridized carbons (Fsp3) is 0.550. The number of halogens is 1.